The highest BCUT2D eigenvalue weighted by atomic mass is 16.5. The smallest absolute Gasteiger partial charge is 0.358 e. The molecule has 2 aliphatic heterocycles. The Morgan fingerprint density at radius 2 is 2.00 bits per heavy atom. The predicted molar refractivity (Wildman–Crippen MR) is 76.5 cm³/mol. The van der Waals surface area contributed by atoms with Gasteiger partial charge in [0.25, 0.3) is 0 Å². The Hall–Kier alpha value is -2.50. The van der Waals surface area contributed by atoms with Crippen LogP contribution in [0.4, 0.5) is 0 Å². The Balaban J connectivity index is 1.92. The van der Waals surface area contributed by atoms with Crippen LogP contribution in [-0.4, -0.2) is 28.4 Å². The van der Waals surface area contributed by atoms with E-state index in [-0.39, 0.29) is 17.9 Å². The van der Waals surface area contributed by atoms with E-state index < -0.39 is 5.97 Å². The predicted octanol–water partition coefficient (Wildman–Crippen LogP) is 2.69. The van der Waals surface area contributed by atoms with Gasteiger partial charge in [0.1, 0.15) is 23.7 Å². The van der Waals surface area contributed by atoms with Crippen molar-refractivity contribution in [1.82, 2.24) is 5.16 Å². The molecule has 6 nitrogen and oxygen atoms in total. The summed E-state index contributed by atoms with van der Waals surface area (Å²) in [5.74, 6) is 0.889. The number of aromatic carboxylic acids is 1. The molecule has 0 amide bonds. The van der Waals surface area contributed by atoms with Gasteiger partial charge in [-0.1, -0.05) is 5.16 Å². The topological polar surface area (TPSA) is 81.8 Å². The van der Waals surface area contributed by atoms with Crippen LogP contribution in [0.1, 0.15) is 35.5 Å². The largest absolute Gasteiger partial charge is 0.490 e. The van der Waals surface area contributed by atoms with E-state index in [9.17, 15) is 4.79 Å². The number of hydrogen-bond acceptors (Lipinski definition) is 5. The second kappa shape index (κ2) is 4.50. The highest BCUT2D eigenvalue weighted by Gasteiger charge is 2.33. The number of carbonyl (C=O) groups is 1. The van der Waals surface area contributed by atoms with Crippen LogP contribution in [0.5, 0.6) is 11.5 Å². The van der Waals surface area contributed by atoms with Gasteiger partial charge in [-0.05, 0) is 19.9 Å². The lowest BCUT2D eigenvalue weighted by Gasteiger charge is -2.10. The van der Waals surface area contributed by atoms with Crippen LogP contribution in [0.3, 0.4) is 0 Å². The summed E-state index contributed by atoms with van der Waals surface area (Å²) in [5.41, 5.74) is 2.72. The minimum atomic E-state index is -1.11. The molecule has 2 unspecified atom stereocenters. The number of carboxylic acid groups (broad SMARTS) is 1. The molecule has 2 atom stereocenters. The van der Waals surface area contributed by atoms with Gasteiger partial charge >= 0.3 is 5.97 Å². The molecule has 3 heterocycles. The number of aromatic nitrogens is 1. The van der Waals surface area contributed by atoms with Crippen LogP contribution < -0.4 is 9.47 Å². The van der Waals surface area contributed by atoms with Gasteiger partial charge in [-0.15, -0.1) is 0 Å². The fourth-order valence-electron chi connectivity index (χ4n) is 3.18. The highest BCUT2D eigenvalue weighted by molar-refractivity contribution is 5.87. The number of hydrogen-bond donors (Lipinski definition) is 1. The third kappa shape index (κ3) is 1.87. The lowest BCUT2D eigenvalue weighted by Crippen LogP contribution is -2.07. The van der Waals surface area contributed by atoms with Crippen molar-refractivity contribution in [3.63, 3.8) is 0 Å². The van der Waals surface area contributed by atoms with Crippen molar-refractivity contribution in [3.8, 4) is 22.8 Å². The summed E-state index contributed by atoms with van der Waals surface area (Å²) in [6, 6.07) is 3.46. The van der Waals surface area contributed by atoms with Crippen LogP contribution in [0, 0.1) is 0 Å². The quantitative estimate of drug-likeness (QED) is 0.918. The zero-order valence-electron chi connectivity index (χ0n) is 12.3. The van der Waals surface area contributed by atoms with Crippen LogP contribution in [0.15, 0.2) is 16.7 Å². The van der Waals surface area contributed by atoms with Crippen molar-refractivity contribution in [3.05, 3.63) is 29.0 Å². The van der Waals surface area contributed by atoms with E-state index in [1.807, 2.05) is 19.9 Å². The molecule has 2 aliphatic rings. The van der Waals surface area contributed by atoms with Crippen LogP contribution in [0.2, 0.25) is 0 Å². The van der Waals surface area contributed by atoms with Crippen molar-refractivity contribution in [2.75, 3.05) is 0 Å². The summed E-state index contributed by atoms with van der Waals surface area (Å²) in [6.45, 7) is 4.00. The maximum atomic E-state index is 11.0. The van der Waals surface area contributed by atoms with E-state index in [0.29, 0.717) is 5.76 Å². The monoisotopic (exact) mass is 301 g/mol. The van der Waals surface area contributed by atoms with Crippen molar-refractivity contribution < 1.29 is 23.9 Å². The van der Waals surface area contributed by atoms with Crippen molar-refractivity contribution in [2.45, 2.75) is 38.9 Å². The molecule has 4 rings (SSSR count). The van der Waals surface area contributed by atoms with E-state index >= 15 is 0 Å². The van der Waals surface area contributed by atoms with Gasteiger partial charge in [0.2, 0.25) is 0 Å². The van der Waals surface area contributed by atoms with Crippen LogP contribution >= 0.6 is 0 Å². The summed E-state index contributed by atoms with van der Waals surface area (Å²) in [7, 11) is 0. The first-order valence-corrected chi connectivity index (χ1v) is 7.25. The van der Waals surface area contributed by atoms with E-state index in [1.165, 1.54) is 6.07 Å². The normalized spacial score (nSPS) is 21.9. The molecule has 114 valence electrons. The summed E-state index contributed by atoms with van der Waals surface area (Å²) < 4.78 is 17.0. The third-order valence-corrected chi connectivity index (χ3v) is 4.05. The van der Waals surface area contributed by atoms with E-state index in [0.717, 1.165) is 41.0 Å². The molecule has 0 saturated carbocycles. The molecule has 1 N–H and O–H groups in total. The maximum Gasteiger partial charge on any atom is 0.358 e. The number of fused-ring (bicyclic) bond motifs is 2. The van der Waals surface area contributed by atoms with Crippen LogP contribution in [-0.2, 0) is 12.8 Å². The molecule has 0 saturated heterocycles. The van der Waals surface area contributed by atoms with Gasteiger partial charge in [-0.2, -0.15) is 0 Å². The lowest BCUT2D eigenvalue weighted by atomic mass is 9.96. The summed E-state index contributed by atoms with van der Waals surface area (Å²) >= 11 is 0. The Morgan fingerprint density at radius 3 is 2.73 bits per heavy atom. The van der Waals surface area contributed by atoms with Gasteiger partial charge in [0.05, 0.1) is 5.56 Å². The number of carboxylic acids is 1. The average Bonchev–Trinajstić information content (AvgIpc) is 3.12. The zero-order valence-corrected chi connectivity index (χ0v) is 12.3. The Labute approximate surface area is 126 Å². The molecule has 2 aromatic rings. The zero-order chi connectivity index (χ0) is 15.4. The molecule has 1 aromatic carbocycles. The molecule has 6 heteroatoms. The summed E-state index contributed by atoms with van der Waals surface area (Å²) in [4.78, 5) is 11.0. The minimum absolute atomic E-state index is 0.0792. The van der Waals surface area contributed by atoms with Crippen molar-refractivity contribution >= 4 is 5.97 Å². The Morgan fingerprint density at radius 1 is 1.23 bits per heavy atom. The third-order valence-electron chi connectivity index (χ3n) is 4.05. The summed E-state index contributed by atoms with van der Waals surface area (Å²) in [6.07, 6.45) is 1.69. The number of nitrogens with zero attached hydrogens (tertiary/aromatic N) is 1. The van der Waals surface area contributed by atoms with Gasteiger partial charge in [0, 0.05) is 30.0 Å². The van der Waals surface area contributed by atoms with Crippen LogP contribution in [0.25, 0.3) is 11.3 Å². The van der Waals surface area contributed by atoms with Crippen molar-refractivity contribution in [1.29, 1.82) is 0 Å². The number of benzene rings is 1. The second-order valence-electron chi connectivity index (χ2n) is 5.86. The molecule has 0 radical (unpaired) electrons. The molecule has 0 fully saturated rings. The molecule has 1 aromatic heterocycles. The fourth-order valence-corrected chi connectivity index (χ4v) is 3.18. The Kier molecular flexibility index (Phi) is 2.69. The van der Waals surface area contributed by atoms with Gasteiger partial charge < -0.3 is 19.1 Å². The second-order valence-corrected chi connectivity index (χ2v) is 5.86. The first kappa shape index (κ1) is 13.2. The molecule has 0 aliphatic carbocycles. The maximum absolute atomic E-state index is 11.0. The van der Waals surface area contributed by atoms with Crippen molar-refractivity contribution in [2.24, 2.45) is 0 Å². The molecular formula is C16H15NO5. The SMILES string of the molecule is CC1Cc2c(cc3c(c2-c2cc(C(=O)O)no2)OC(C)C3)O1. The Bertz CT molecular complexity index is 743. The molecule has 0 bridgehead atoms. The van der Waals surface area contributed by atoms with E-state index in [4.69, 9.17) is 19.1 Å². The molecule has 22 heavy (non-hydrogen) atoms. The first-order chi connectivity index (χ1) is 10.5. The molecule has 0 spiro atoms. The number of rotatable bonds is 2. The average molecular weight is 301 g/mol. The lowest BCUT2D eigenvalue weighted by molar-refractivity contribution is 0.0686. The van der Waals surface area contributed by atoms with Gasteiger partial charge in [-0.3, -0.25) is 0 Å². The van der Waals surface area contributed by atoms with E-state index in [2.05, 4.69) is 5.16 Å². The van der Waals surface area contributed by atoms with Gasteiger partial charge in [0.15, 0.2) is 11.5 Å². The summed E-state index contributed by atoms with van der Waals surface area (Å²) in [5, 5.41) is 12.6. The fraction of sp³-hybridized carbons (Fsp3) is 0.375. The van der Waals surface area contributed by atoms with Gasteiger partial charge in [-0.25, -0.2) is 4.79 Å². The number of ether oxygens (including phenoxy) is 2. The highest BCUT2D eigenvalue weighted by Crippen LogP contribution is 2.48. The standard InChI is InChI=1S/C16H15NO5/c1-7-3-9-5-12-10(4-8(2)20-12)14(15(9)21-7)13-6-11(16(18)19)17-22-13/h5-8H,3-4H2,1-2H3,(H,18,19). The minimum Gasteiger partial charge on any atom is -0.490 e. The first-order valence-electron chi connectivity index (χ1n) is 7.25. The molecular weight excluding hydrogens is 286 g/mol. The van der Waals surface area contributed by atoms with E-state index in [1.54, 1.807) is 0 Å².